The normalized spacial score (nSPS) is 17.1. The predicted molar refractivity (Wildman–Crippen MR) is 113 cm³/mol. The van der Waals surface area contributed by atoms with Crippen molar-refractivity contribution in [1.82, 2.24) is 20.0 Å². The van der Waals surface area contributed by atoms with Gasteiger partial charge in [-0.15, -0.1) is 0 Å². The van der Waals surface area contributed by atoms with Crippen molar-refractivity contribution in [2.75, 3.05) is 20.2 Å². The average molecular weight is 420 g/mol. The molecular formula is C23H24N4O4. The Bertz CT molecular complexity index is 1100. The minimum absolute atomic E-state index is 0.251. The van der Waals surface area contributed by atoms with Crippen molar-refractivity contribution in [3.63, 3.8) is 0 Å². The highest BCUT2D eigenvalue weighted by Gasteiger charge is 2.26. The van der Waals surface area contributed by atoms with Gasteiger partial charge in [-0.1, -0.05) is 17.3 Å². The van der Waals surface area contributed by atoms with Gasteiger partial charge in [-0.05, 0) is 55.8 Å². The molecule has 0 saturated carbocycles. The van der Waals surface area contributed by atoms with Crippen LogP contribution in [0.4, 0.5) is 0 Å². The van der Waals surface area contributed by atoms with Crippen LogP contribution in [0.5, 0.6) is 11.5 Å². The highest BCUT2D eigenvalue weighted by molar-refractivity contribution is 5.72. The molecule has 1 saturated heterocycles. The number of oxazole rings is 1. The topological polar surface area (TPSA) is 86.7 Å². The summed E-state index contributed by atoms with van der Waals surface area (Å²) in [5.41, 5.74) is 1.75. The molecule has 1 aliphatic rings. The van der Waals surface area contributed by atoms with E-state index in [2.05, 4.69) is 20.0 Å². The van der Waals surface area contributed by atoms with E-state index in [1.54, 1.807) is 7.11 Å². The second-order valence-corrected chi connectivity index (χ2v) is 7.66. The standard InChI is InChI=1S/C23H24N4O4/c1-28-17-8-10-18(11-9-17)29-15-21-25-22(31-26-21)14-27-12-4-5-16(13-27)23-24-19-6-2-3-7-20(19)30-23/h2-3,6-11,16H,4-5,12-15H2,1H3/t16-/m1/s1. The summed E-state index contributed by atoms with van der Waals surface area (Å²) in [7, 11) is 1.63. The molecule has 0 amide bonds. The first-order valence-electron chi connectivity index (χ1n) is 10.4. The Labute approximate surface area is 179 Å². The van der Waals surface area contributed by atoms with Crippen LogP contribution in [0.2, 0.25) is 0 Å². The molecule has 1 fully saturated rings. The molecule has 0 N–H and O–H groups in total. The van der Waals surface area contributed by atoms with E-state index in [4.69, 9.17) is 18.4 Å². The molecule has 2 aromatic carbocycles. The van der Waals surface area contributed by atoms with E-state index in [0.29, 0.717) is 18.3 Å². The van der Waals surface area contributed by atoms with E-state index < -0.39 is 0 Å². The van der Waals surface area contributed by atoms with Gasteiger partial charge in [-0.2, -0.15) is 4.98 Å². The van der Waals surface area contributed by atoms with E-state index in [9.17, 15) is 0 Å². The number of hydrogen-bond acceptors (Lipinski definition) is 8. The molecular weight excluding hydrogens is 396 g/mol. The van der Waals surface area contributed by atoms with Gasteiger partial charge in [0.2, 0.25) is 11.7 Å². The van der Waals surface area contributed by atoms with Crippen LogP contribution in [0.25, 0.3) is 11.1 Å². The number of likely N-dealkylation sites (tertiary alicyclic amines) is 1. The third kappa shape index (κ3) is 4.54. The Kier molecular flexibility index (Phi) is 5.54. The molecule has 1 atom stereocenters. The van der Waals surface area contributed by atoms with E-state index in [1.165, 1.54) is 0 Å². The lowest BCUT2D eigenvalue weighted by atomic mass is 9.98. The Morgan fingerprint density at radius 2 is 1.90 bits per heavy atom. The molecule has 0 spiro atoms. The van der Waals surface area contributed by atoms with Crippen LogP contribution in [0, 0.1) is 0 Å². The highest BCUT2D eigenvalue weighted by atomic mass is 16.5. The summed E-state index contributed by atoms with van der Waals surface area (Å²) in [6.07, 6.45) is 2.14. The van der Waals surface area contributed by atoms with Gasteiger partial charge in [-0.25, -0.2) is 4.98 Å². The average Bonchev–Trinajstić information content (AvgIpc) is 3.45. The second kappa shape index (κ2) is 8.77. The van der Waals surface area contributed by atoms with Crippen molar-refractivity contribution in [2.45, 2.75) is 31.9 Å². The van der Waals surface area contributed by atoms with Crippen molar-refractivity contribution in [2.24, 2.45) is 0 Å². The maximum absolute atomic E-state index is 5.99. The summed E-state index contributed by atoms with van der Waals surface area (Å²) < 4.78 is 22.3. The number of ether oxygens (including phenoxy) is 2. The summed E-state index contributed by atoms with van der Waals surface area (Å²) in [5, 5.41) is 4.04. The molecule has 1 aliphatic heterocycles. The lowest BCUT2D eigenvalue weighted by molar-refractivity contribution is 0.167. The molecule has 31 heavy (non-hydrogen) atoms. The molecule has 0 aliphatic carbocycles. The van der Waals surface area contributed by atoms with Crippen LogP contribution in [0.15, 0.2) is 57.5 Å². The van der Waals surface area contributed by atoms with E-state index >= 15 is 0 Å². The number of para-hydroxylation sites is 2. The number of aromatic nitrogens is 3. The lowest BCUT2D eigenvalue weighted by Gasteiger charge is -2.29. The molecule has 8 heteroatoms. The molecule has 5 rings (SSSR count). The first-order valence-corrected chi connectivity index (χ1v) is 10.4. The summed E-state index contributed by atoms with van der Waals surface area (Å²) in [6, 6.07) is 15.3. The largest absolute Gasteiger partial charge is 0.497 e. The molecule has 4 aromatic rings. The van der Waals surface area contributed by atoms with Crippen molar-refractivity contribution < 1.29 is 18.4 Å². The molecule has 160 valence electrons. The van der Waals surface area contributed by atoms with Crippen LogP contribution in [-0.2, 0) is 13.2 Å². The molecule has 0 unspecified atom stereocenters. The summed E-state index contributed by atoms with van der Waals surface area (Å²) in [4.78, 5) is 11.5. The third-order valence-electron chi connectivity index (χ3n) is 5.46. The minimum Gasteiger partial charge on any atom is -0.497 e. The molecule has 2 aromatic heterocycles. The number of rotatable bonds is 7. The summed E-state index contributed by atoms with van der Waals surface area (Å²) in [5.74, 6) is 3.70. The first-order chi connectivity index (χ1) is 15.3. The second-order valence-electron chi connectivity index (χ2n) is 7.66. The van der Waals surface area contributed by atoms with Crippen LogP contribution in [-0.4, -0.2) is 40.2 Å². The maximum atomic E-state index is 5.99. The van der Waals surface area contributed by atoms with Gasteiger partial charge in [0.1, 0.15) is 17.0 Å². The van der Waals surface area contributed by atoms with Gasteiger partial charge in [0.25, 0.3) is 0 Å². The fourth-order valence-corrected chi connectivity index (χ4v) is 3.89. The van der Waals surface area contributed by atoms with Gasteiger partial charge in [0, 0.05) is 12.5 Å². The third-order valence-corrected chi connectivity index (χ3v) is 5.46. The number of nitrogens with zero attached hydrogens (tertiary/aromatic N) is 4. The van der Waals surface area contributed by atoms with Crippen LogP contribution >= 0.6 is 0 Å². The Balaban J connectivity index is 1.17. The van der Waals surface area contributed by atoms with Gasteiger partial charge in [-0.3, -0.25) is 4.90 Å². The van der Waals surface area contributed by atoms with Gasteiger partial charge >= 0.3 is 0 Å². The quantitative estimate of drug-likeness (QED) is 0.440. The zero-order chi connectivity index (χ0) is 21.0. The molecule has 0 radical (unpaired) electrons. The maximum Gasteiger partial charge on any atom is 0.240 e. The van der Waals surface area contributed by atoms with Crippen molar-refractivity contribution in [1.29, 1.82) is 0 Å². The van der Waals surface area contributed by atoms with Gasteiger partial charge in [0.15, 0.2) is 18.1 Å². The zero-order valence-electron chi connectivity index (χ0n) is 17.4. The molecule has 8 nitrogen and oxygen atoms in total. The summed E-state index contributed by atoms with van der Waals surface area (Å²) >= 11 is 0. The Morgan fingerprint density at radius 1 is 1.06 bits per heavy atom. The van der Waals surface area contributed by atoms with Crippen molar-refractivity contribution >= 4 is 11.1 Å². The fourth-order valence-electron chi connectivity index (χ4n) is 3.89. The Hall–Kier alpha value is -3.39. The van der Waals surface area contributed by atoms with Crippen molar-refractivity contribution in [3.05, 3.63) is 66.1 Å². The number of piperidine rings is 1. The SMILES string of the molecule is COc1ccc(OCc2noc(CN3CCC[C@@H](c4nc5ccccc5o4)C3)n2)cc1. The van der Waals surface area contributed by atoms with Crippen LogP contribution < -0.4 is 9.47 Å². The lowest BCUT2D eigenvalue weighted by Crippen LogP contribution is -2.34. The number of fused-ring (bicyclic) bond motifs is 1. The van der Waals surface area contributed by atoms with E-state index in [0.717, 1.165) is 54.4 Å². The van der Waals surface area contributed by atoms with Crippen LogP contribution in [0.1, 0.15) is 36.4 Å². The smallest absolute Gasteiger partial charge is 0.240 e. The number of benzene rings is 2. The molecule has 3 heterocycles. The van der Waals surface area contributed by atoms with E-state index in [-0.39, 0.29) is 12.5 Å². The fraction of sp³-hybridized carbons (Fsp3) is 0.348. The predicted octanol–water partition coefficient (Wildman–Crippen LogP) is 4.18. The minimum atomic E-state index is 0.251. The van der Waals surface area contributed by atoms with E-state index in [1.807, 2.05) is 48.5 Å². The summed E-state index contributed by atoms with van der Waals surface area (Å²) in [6.45, 7) is 2.69. The zero-order valence-corrected chi connectivity index (χ0v) is 17.4. The number of hydrogen-bond donors (Lipinski definition) is 0. The molecule has 0 bridgehead atoms. The first kappa shape index (κ1) is 19.6. The van der Waals surface area contributed by atoms with Crippen molar-refractivity contribution in [3.8, 4) is 11.5 Å². The monoisotopic (exact) mass is 420 g/mol. The van der Waals surface area contributed by atoms with Crippen LogP contribution in [0.3, 0.4) is 0 Å². The van der Waals surface area contributed by atoms with Gasteiger partial charge in [0.05, 0.1) is 13.7 Å². The highest BCUT2D eigenvalue weighted by Crippen LogP contribution is 2.29. The van der Waals surface area contributed by atoms with Gasteiger partial charge < -0.3 is 18.4 Å². The Morgan fingerprint density at radius 3 is 2.74 bits per heavy atom. The number of methoxy groups -OCH3 is 1.